The standard InChI is InChI=1S/C22H30BrNO2/c1-22(2,23)21(26)18-11-12-19-17(15-18)9-6-14-24(19)20(25)13-10-16-7-4-3-5-8-16/h11-12,15-16H,3-10,13-14H2,1-2H3. The van der Waals surface area contributed by atoms with E-state index in [4.69, 9.17) is 0 Å². The number of anilines is 1. The van der Waals surface area contributed by atoms with Gasteiger partial charge in [-0.15, -0.1) is 0 Å². The summed E-state index contributed by atoms with van der Waals surface area (Å²) < 4.78 is -0.564. The summed E-state index contributed by atoms with van der Waals surface area (Å²) >= 11 is 3.46. The Morgan fingerprint density at radius 2 is 1.88 bits per heavy atom. The topological polar surface area (TPSA) is 37.4 Å². The Balaban J connectivity index is 1.70. The van der Waals surface area contributed by atoms with Gasteiger partial charge in [-0.2, -0.15) is 0 Å². The van der Waals surface area contributed by atoms with E-state index in [1.807, 2.05) is 36.9 Å². The number of carbonyl (C=O) groups excluding carboxylic acids is 2. The number of aryl methyl sites for hydroxylation is 1. The van der Waals surface area contributed by atoms with Gasteiger partial charge in [-0.1, -0.05) is 48.0 Å². The van der Waals surface area contributed by atoms with Gasteiger partial charge in [0, 0.05) is 24.2 Å². The zero-order valence-electron chi connectivity index (χ0n) is 16.0. The maximum atomic E-state index is 12.8. The molecule has 4 heteroatoms. The van der Waals surface area contributed by atoms with Gasteiger partial charge in [0.15, 0.2) is 5.78 Å². The molecule has 0 bridgehead atoms. The number of halogens is 1. The summed E-state index contributed by atoms with van der Waals surface area (Å²) in [5.74, 6) is 1.07. The molecule has 26 heavy (non-hydrogen) atoms. The molecule has 0 radical (unpaired) electrons. The van der Waals surface area contributed by atoms with Crippen LogP contribution in [0, 0.1) is 5.92 Å². The summed E-state index contributed by atoms with van der Waals surface area (Å²) in [5, 5.41) is 0. The molecule has 1 saturated carbocycles. The second kappa shape index (κ2) is 8.24. The highest BCUT2D eigenvalue weighted by atomic mass is 79.9. The Bertz CT molecular complexity index is 671. The Morgan fingerprint density at radius 3 is 2.58 bits per heavy atom. The molecule has 0 atom stereocenters. The summed E-state index contributed by atoms with van der Waals surface area (Å²) in [6.07, 6.45) is 10.2. The Morgan fingerprint density at radius 1 is 1.15 bits per heavy atom. The van der Waals surface area contributed by atoms with Crippen molar-refractivity contribution in [2.24, 2.45) is 5.92 Å². The maximum absolute atomic E-state index is 12.8. The lowest BCUT2D eigenvalue weighted by atomic mass is 9.86. The number of hydrogen-bond donors (Lipinski definition) is 0. The van der Waals surface area contributed by atoms with E-state index < -0.39 is 4.32 Å². The van der Waals surface area contributed by atoms with E-state index in [1.165, 1.54) is 32.1 Å². The van der Waals surface area contributed by atoms with E-state index in [0.717, 1.165) is 48.5 Å². The highest BCUT2D eigenvalue weighted by molar-refractivity contribution is 9.10. The van der Waals surface area contributed by atoms with Crippen LogP contribution >= 0.6 is 15.9 Å². The number of nitrogens with zero attached hydrogens (tertiary/aromatic N) is 1. The van der Waals surface area contributed by atoms with Crippen molar-refractivity contribution in [2.45, 2.75) is 76.0 Å². The third kappa shape index (κ3) is 4.57. The molecule has 0 spiro atoms. The van der Waals surface area contributed by atoms with Gasteiger partial charge in [0.1, 0.15) is 0 Å². The minimum Gasteiger partial charge on any atom is -0.312 e. The molecule has 3 rings (SSSR count). The predicted molar refractivity (Wildman–Crippen MR) is 110 cm³/mol. The summed E-state index contributed by atoms with van der Waals surface area (Å²) in [4.78, 5) is 27.3. The minimum absolute atomic E-state index is 0.0843. The monoisotopic (exact) mass is 419 g/mol. The molecule has 1 amide bonds. The number of carbonyl (C=O) groups is 2. The molecular weight excluding hydrogens is 390 g/mol. The van der Waals surface area contributed by atoms with Crippen molar-refractivity contribution in [3.63, 3.8) is 0 Å². The second-order valence-corrected chi connectivity index (χ2v) is 10.3. The van der Waals surface area contributed by atoms with Crippen LogP contribution < -0.4 is 4.90 Å². The molecule has 0 saturated heterocycles. The number of amides is 1. The Labute approximate surface area is 165 Å². The van der Waals surface area contributed by atoms with Crippen molar-refractivity contribution in [1.29, 1.82) is 0 Å². The van der Waals surface area contributed by atoms with E-state index in [1.54, 1.807) is 0 Å². The van der Waals surface area contributed by atoms with Crippen molar-refractivity contribution in [1.82, 2.24) is 0 Å². The molecule has 142 valence electrons. The zero-order valence-corrected chi connectivity index (χ0v) is 17.6. The molecule has 1 heterocycles. The average molecular weight is 420 g/mol. The van der Waals surface area contributed by atoms with Gasteiger partial charge in [-0.25, -0.2) is 0 Å². The summed E-state index contributed by atoms with van der Waals surface area (Å²) in [5.41, 5.74) is 2.86. The summed E-state index contributed by atoms with van der Waals surface area (Å²) in [6, 6.07) is 5.83. The van der Waals surface area contributed by atoms with E-state index in [0.29, 0.717) is 6.42 Å². The first-order valence-corrected chi connectivity index (χ1v) is 10.8. The molecule has 1 aromatic carbocycles. The van der Waals surface area contributed by atoms with Crippen molar-refractivity contribution < 1.29 is 9.59 Å². The van der Waals surface area contributed by atoms with Crippen molar-refractivity contribution in [2.75, 3.05) is 11.4 Å². The number of rotatable bonds is 5. The van der Waals surface area contributed by atoms with E-state index in [9.17, 15) is 9.59 Å². The molecule has 2 aliphatic rings. The Hall–Kier alpha value is -1.16. The molecule has 1 aliphatic carbocycles. The van der Waals surface area contributed by atoms with Crippen LogP contribution in [0.5, 0.6) is 0 Å². The third-order valence-corrected chi connectivity index (χ3v) is 6.15. The molecule has 3 nitrogen and oxygen atoms in total. The van der Waals surface area contributed by atoms with E-state index in [-0.39, 0.29) is 11.7 Å². The number of ketones is 1. The molecule has 0 unspecified atom stereocenters. The summed E-state index contributed by atoms with van der Waals surface area (Å²) in [7, 11) is 0. The normalized spacial score (nSPS) is 18.5. The highest BCUT2D eigenvalue weighted by Crippen LogP contribution is 2.32. The number of Topliss-reactive ketones (excluding diaryl/α,β-unsaturated/α-hetero) is 1. The van der Waals surface area contributed by atoms with Gasteiger partial charge in [-0.05, 0) is 62.8 Å². The first kappa shape index (κ1) is 19.6. The zero-order chi connectivity index (χ0) is 18.7. The fourth-order valence-electron chi connectivity index (χ4n) is 4.28. The van der Waals surface area contributed by atoms with Gasteiger partial charge < -0.3 is 4.90 Å². The lowest BCUT2D eigenvalue weighted by Gasteiger charge is -2.31. The quantitative estimate of drug-likeness (QED) is 0.454. The number of benzene rings is 1. The van der Waals surface area contributed by atoms with Gasteiger partial charge in [-0.3, -0.25) is 9.59 Å². The molecule has 0 N–H and O–H groups in total. The maximum Gasteiger partial charge on any atom is 0.226 e. The van der Waals surface area contributed by atoms with Crippen LogP contribution in [0.15, 0.2) is 18.2 Å². The van der Waals surface area contributed by atoms with Gasteiger partial charge in [0.2, 0.25) is 5.91 Å². The van der Waals surface area contributed by atoms with E-state index >= 15 is 0 Å². The Kier molecular flexibility index (Phi) is 6.21. The van der Waals surface area contributed by atoms with Crippen LogP contribution in [0.1, 0.15) is 81.1 Å². The predicted octanol–water partition coefficient (Wildman–Crippen LogP) is 5.68. The fourth-order valence-corrected chi connectivity index (χ4v) is 4.51. The minimum atomic E-state index is -0.564. The molecule has 1 aromatic rings. The van der Waals surface area contributed by atoms with Gasteiger partial charge in [0.05, 0.1) is 4.32 Å². The molecular formula is C22H30BrNO2. The van der Waals surface area contributed by atoms with Crippen LogP contribution in [0.3, 0.4) is 0 Å². The summed E-state index contributed by atoms with van der Waals surface area (Å²) in [6.45, 7) is 4.54. The number of hydrogen-bond acceptors (Lipinski definition) is 2. The van der Waals surface area contributed by atoms with Crippen LogP contribution in [-0.4, -0.2) is 22.6 Å². The van der Waals surface area contributed by atoms with Crippen LogP contribution in [-0.2, 0) is 11.2 Å². The SMILES string of the molecule is CC(C)(Br)C(=O)c1ccc2c(c1)CCCN2C(=O)CCC1CCCCC1. The lowest BCUT2D eigenvalue weighted by molar-refractivity contribution is -0.119. The second-order valence-electron chi connectivity index (χ2n) is 8.34. The van der Waals surface area contributed by atoms with Crippen LogP contribution in [0.2, 0.25) is 0 Å². The third-order valence-electron chi connectivity index (χ3n) is 5.79. The number of fused-ring (bicyclic) bond motifs is 1. The van der Waals surface area contributed by atoms with Crippen LogP contribution in [0.25, 0.3) is 0 Å². The van der Waals surface area contributed by atoms with Crippen LogP contribution in [0.4, 0.5) is 5.69 Å². The van der Waals surface area contributed by atoms with Gasteiger partial charge in [0.25, 0.3) is 0 Å². The van der Waals surface area contributed by atoms with Crippen molar-refractivity contribution in [3.8, 4) is 0 Å². The van der Waals surface area contributed by atoms with Crippen molar-refractivity contribution in [3.05, 3.63) is 29.3 Å². The smallest absolute Gasteiger partial charge is 0.226 e. The largest absolute Gasteiger partial charge is 0.312 e. The molecule has 0 aromatic heterocycles. The molecule has 1 aliphatic heterocycles. The number of alkyl halides is 1. The fraction of sp³-hybridized carbons (Fsp3) is 0.636. The lowest BCUT2D eigenvalue weighted by Crippen LogP contribution is -2.36. The highest BCUT2D eigenvalue weighted by Gasteiger charge is 2.28. The molecule has 1 fully saturated rings. The van der Waals surface area contributed by atoms with E-state index in [2.05, 4.69) is 15.9 Å². The first-order valence-electron chi connectivity index (χ1n) is 10.0. The first-order chi connectivity index (χ1) is 12.4. The van der Waals surface area contributed by atoms with Crippen molar-refractivity contribution >= 4 is 33.3 Å². The average Bonchev–Trinajstić information content (AvgIpc) is 2.64. The van der Waals surface area contributed by atoms with Gasteiger partial charge >= 0.3 is 0 Å².